The number of halogens is 4. The van der Waals surface area contributed by atoms with Crippen LogP contribution in [-0.4, -0.2) is 56.6 Å². The zero-order chi connectivity index (χ0) is 29.6. The Hall–Kier alpha value is -3.83. The number of phenolic OH excluding ortho intramolecular Hbond substituents is 1. The van der Waals surface area contributed by atoms with E-state index in [2.05, 4.69) is 4.74 Å². The van der Waals surface area contributed by atoms with E-state index in [0.717, 1.165) is 36.3 Å². The lowest BCUT2D eigenvalue weighted by atomic mass is 9.56. The molecule has 6 rings (SSSR count). The van der Waals surface area contributed by atoms with Gasteiger partial charge in [-0.05, 0) is 60.7 Å². The molecule has 2 aromatic rings. The van der Waals surface area contributed by atoms with Crippen LogP contribution in [0.3, 0.4) is 0 Å². The van der Waals surface area contributed by atoms with Crippen LogP contribution in [0.5, 0.6) is 5.75 Å². The van der Waals surface area contributed by atoms with Crippen LogP contribution in [0.2, 0.25) is 0 Å². The molecule has 2 heterocycles. The van der Waals surface area contributed by atoms with Crippen molar-refractivity contribution in [3.8, 4) is 5.75 Å². The van der Waals surface area contributed by atoms with Crippen molar-refractivity contribution in [2.24, 2.45) is 17.8 Å². The maximum absolute atomic E-state index is 14.7. The molecule has 1 saturated carbocycles. The molecule has 212 valence electrons. The SMILES string of the molecule is COC(=O)N1C(=O)C2CC=C3C(CC4(Cl)C(=O)N(c5ccc(F)cc5)C(=O)C4(Cl)C3c3ccc(O)c(F)c3)C2C1=O. The summed E-state index contributed by atoms with van der Waals surface area (Å²) in [6.45, 7) is 0. The molecule has 4 aliphatic rings. The van der Waals surface area contributed by atoms with Crippen molar-refractivity contribution in [1.82, 2.24) is 4.90 Å². The third kappa shape index (κ3) is 3.48. The van der Waals surface area contributed by atoms with Crippen LogP contribution >= 0.6 is 23.2 Å². The van der Waals surface area contributed by atoms with Gasteiger partial charge in [-0.3, -0.25) is 19.2 Å². The topological polar surface area (TPSA) is 121 Å². The summed E-state index contributed by atoms with van der Waals surface area (Å²) in [7, 11) is 1.02. The number of aromatic hydroxyl groups is 1. The highest BCUT2D eigenvalue weighted by Gasteiger charge is 2.76. The lowest BCUT2D eigenvalue weighted by Gasteiger charge is -2.50. The minimum atomic E-state index is -2.26. The fourth-order valence-corrected chi connectivity index (χ4v) is 7.68. The second kappa shape index (κ2) is 9.09. The first-order chi connectivity index (χ1) is 19.4. The van der Waals surface area contributed by atoms with Gasteiger partial charge in [0.1, 0.15) is 5.82 Å². The number of anilines is 1. The van der Waals surface area contributed by atoms with Crippen LogP contribution in [0, 0.1) is 29.4 Å². The number of alkyl halides is 2. The van der Waals surface area contributed by atoms with Gasteiger partial charge in [-0.25, -0.2) is 18.5 Å². The van der Waals surface area contributed by atoms with E-state index in [1.54, 1.807) is 6.08 Å². The van der Waals surface area contributed by atoms with E-state index in [9.17, 15) is 37.9 Å². The van der Waals surface area contributed by atoms with Crippen molar-refractivity contribution >= 4 is 58.6 Å². The number of methoxy groups -OCH3 is 1. The van der Waals surface area contributed by atoms with Gasteiger partial charge in [-0.1, -0.05) is 17.7 Å². The van der Waals surface area contributed by atoms with E-state index in [4.69, 9.17) is 23.2 Å². The number of carbonyl (C=O) groups excluding carboxylic acids is 5. The number of ether oxygens (including phenoxy) is 1. The molecule has 0 spiro atoms. The first-order valence-electron chi connectivity index (χ1n) is 12.5. The van der Waals surface area contributed by atoms with Gasteiger partial charge in [-0.15, -0.1) is 23.2 Å². The summed E-state index contributed by atoms with van der Waals surface area (Å²) in [5, 5.41) is 9.84. The van der Waals surface area contributed by atoms with Crippen molar-refractivity contribution in [2.45, 2.75) is 28.5 Å². The summed E-state index contributed by atoms with van der Waals surface area (Å²) in [6.07, 6.45) is 0.0493. The van der Waals surface area contributed by atoms with Gasteiger partial charge in [-0.2, -0.15) is 4.90 Å². The number of hydrogen-bond acceptors (Lipinski definition) is 7. The number of allylic oxidation sites excluding steroid dienone is 2. The molecule has 2 saturated heterocycles. The number of carbonyl (C=O) groups is 5. The Bertz CT molecular complexity index is 1600. The van der Waals surface area contributed by atoms with Crippen LogP contribution in [0.15, 0.2) is 54.1 Å². The maximum atomic E-state index is 14.7. The molecule has 0 radical (unpaired) electrons. The van der Waals surface area contributed by atoms with E-state index in [0.29, 0.717) is 10.5 Å². The van der Waals surface area contributed by atoms with Crippen LogP contribution in [0.1, 0.15) is 24.3 Å². The molecule has 6 unspecified atom stereocenters. The predicted molar refractivity (Wildman–Crippen MR) is 139 cm³/mol. The van der Waals surface area contributed by atoms with Crippen LogP contribution < -0.4 is 4.90 Å². The standard InChI is InChI=1S/C28H20Cl2F2N2O7/c1-41-26(40)34-22(36)16-8-7-15-17(20(16)23(34)37)11-27(29)24(38)33(14-5-3-13(31)4-6-14)25(39)28(27,30)21(15)12-2-9-19(35)18(32)10-12/h2-7,9-10,16-17,20-21,35H,8,11H2,1H3. The van der Waals surface area contributed by atoms with Crippen LogP contribution in [0.4, 0.5) is 19.3 Å². The Balaban J connectivity index is 1.56. The minimum Gasteiger partial charge on any atom is -0.505 e. The Morgan fingerprint density at radius 1 is 1.00 bits per heavy atom. The quantitative estimate of drug-likeness (QED) is 0.312. The molecular weight excluding hydrogens is 585 g/mol. The van der Waals surface area contributed by atoms with Crippen LogP contribution in [0.25, 0.3) is 0 Å². The molecule has 2 aliphatic carbocycles. The fourth-order valence-electron chi connectivity index (χ4n) is 6.75. The Labute approximate surface area is 241 Å². The highest BCUT2D eigenvalue weighted by Crippen LogP contribution is 2.65. The number of benzene rings is 2. The number of rotatable bonds is 2. The van der Waals surface area contributed by atoms with Crippen molar-refractivity contribution < 1.29 is 42.6 Å². The summed E-state index contributed by atoms with van der Waals surface area (Å²) in [5.74, 6) is -10.2. The Morgan fingerprint density at radius 2 is 1.68 bits per heavy atom. The van der Waals surface area contributed by atoms with Crippen molar-refractivity contribution in [3.63, 3.8) is 0 Å². The zero-order valence-corrected chi connectivity index (χ0v) is 22.7. The first-order valence-corrected chi connectivity index (χ1v) is 13.3. The number of phenols is 1. The molecule has 5 amide bonds. The highest BCUT2D eigenvalue weighted by molar-refractivity contribution is 6.58. The molecule has 13 heteroatoms. The van der Waals surface area contributed by atoms with Gasteiger partial charge in [0.15, 0.2) is 21.3 Å². The predicted octanol–water partition coefficient (Wildman–Crippen LogP) is 4.00. The molecular formula is C28H20Cl2F2N2O7. The summed E-state index contributed by atoms with van der Waals surface area (Å²) < 4.78 is 33.0. The van der Waals surface area contributed by atoms with E-state index < -0.39 is 80.5 Å². The van der Waals surface area contributed by atoms with Gasteiger partial charge >= 0.3 is 6.09 Å². The lowest BCUT2D eigenvalue weighted by Crippen LogP contribution is -2.60. The number of nitrogens with zero attached hydrogens (tertiary/aromatic N) is 2. The molecule has 0 bridgehead atoms. The van der Waals surface area contributed by atoms with Gasteiger partial charge in [0.25, 0.3) is 11.8 Å². The monoisotopic (exact) mass is 604 g/mol. The molecule has 2 aromatic carbocycles. The lowest BCUT2D eigenvalue weighted by molar-refractivity contribution is -0.138. The third-order valence-corrected chi connectivity index (χ3v) is 9.97. The van der Waals surface area contributed by atoms with Crippen molar-refractivity contribution in [2.75, 3.05) is 12.0 Å². The molecule has 2 aliphatic heterocycles. The van der Waals surface area contributed by atoms with Gasteiger partial charge in [0, 0.05) is 5.92 Å². The summed E-state index contributed by atoms with van der Waals surface area (Å²) in [6, 6.07) is 7.83. The molecule has 1 N–H and O–H groups in total. The van der Waals surface area contributed by atoms with Crippen molar-refractivity contribution in [3.05, 3.63) is 71.3 Å². The molecule has 6 atom stereocenters. The van der Waals surface area contributed by atoms with E-state index >= 15 is 0 Å². The van der Waals surface area contributed by atoms with Gasteiger partial charge in [0.2, 0.25) is 11.8 Å². The number of likely N-dealkylation sites (tertiary alicyclic amines) is 1. The molecule has 9 nitrogen and oxygen atoms in total. The number of fused-ring (bicyclic) bond motifs is 4. The minimum absolute atomic E-state index is 0.00898. The maximum Gasteiger partial charge on any atom is 0.423 e. The summed E-state index contributed by atoms with van der Waals surface area (Å²) >= 11 is 14.3. The number of imide groups is 4. The second-order valence-electron chi connectivity index (χ2n) is 10.4. The fraction of sp³-hybridized carbons (Fsp3) is 0.321. The third-order valence-electron chi connectivity index (χ3n) is 8.56. The largest absolute Gasteiger partial charge is 0.505 e. The Morgan fingerprint density at radius 3 is 2.32 bits per heavy atom. The second-order valence-corrected chi connectivity index (χ2v) is 11.7. The highest BCUT2D eigenvalue weighted by atomic mass is 35.5. The average molecular weight is 605 g/mol. The number of amides is 5. The average Bonchev–Trinajstić information content (AvgIpc) is 3.28. The van der Waals surface area contributed by atoms with Gasteiger partial charge in [0.05, 0.1) is 24.6 Å². The summed E-state index contributed by atoms with van der Waals surface area (Å²) in [5.41, 5.74) is 0.432. The first kappa shape index (κ1) is 27.3. The smallest absolute Gasteiger partial charge is 0.423 e. The molecule has 41 heavy (non-hydrogen) atoms. The van der Waals surface area contributed by atoms with E-state index in [1.165, 1.54) is 18.2 Å². The van der Waals surface area contributed by atoms with E-state index in [-0.39, 0.29) is 24.1 Å². The Kier molecular flexibility index (Phi) is 6.06. The molecule has 3 fully saturated rings. The van der Waals surface area contributed by atoms with Gasteiger partial charge < -0.3 is 9.84 Å². The molecule has 0 aromatic heterocycles. The van der Waals surface area contributed by atoms with Crippen molar-refractivity contribution in [1.29, 1.82) is 0 Å². The van der Waals surface area contributed by atoms with E-state index in [1.807, 2.05) is 0 Å². The van der Waals surface area contributed by atoms with Crippen LogP contribution in [-0.2, 0) is 23.9 Å². The zero-order valence-electron chi connectivity index (χ0n) is 21.1. The normalized spacial score (nSPS) is 32.5. The summed E-state index contributed by atoms with van der Waals surface area (Å²) in [4.78, 5) is 63.7. The number of hydrogen-bond donors (Lipinski definition) is 1.